The lowest BCUT2D eigenvalue weighted by Crippen LogP contribution is -2.55. The fourth-order valence-corrected chi connectivity index (χ4v) is 3.25. The van der Waals surface area contributed by atoms with Gasteiger partial charge in [-0.15, -0.1) is 0 Å². The Bertz CT molecular complexity index is 1140. The van der Waals surface area contributed by atoms with Crippen LogP contribution in [-0.4, -0.2) is 47.7 Å². The van der Waals surface area contributed by atoms with Crippen LogP contribution in [0.5, 0.6) is 5.88 Å². The molecule has 0 spiro atoms. The zero-order valence-corrected chi connectivity index (χ0v) is 16.5. The number of hydrogen-bond donors (Lipinski definition) is 3. The van der Waals surface area contributed by atoms with Crippen LogP contribution in [0.4, 0.5) is 23.2 Å². The van der Waals surface area contributed by atoms with E-state index in [0.29, 0.717) is 0 Å². The molecule has 11 heteroatoms. The molecule has 2 heterocycles. The highest BCUT2D eigenvalue weighted by atomic mass is 19.4. The Hall–Kier alpha value is -3.18. The lowest BCUT2D eigenvalue weighted by molar-refractivity contribution is -0.279. The second-order valence-electron chi connectivity index (χ2n) is 6.80. The lowest BCUT2D eigenvalue weighted by atomic mass is 9.88. The molecule has 0 bridgehead atoms. The molecule has 0 saturated heterocycles. The molecule has 166 valence electrons. The Labute approximate surface area is 173 Å². The number of ether oxygens (including phenoxy) is 2. The van der Waals surface area contributed by atoms with Gasteiger partial charge in [-0.3, -0.25) is 4.79 Å². The van der Waals surface area contributed by atoms with Gasteiger partial charge in [0.15, 0.2) is 0 Å². The van der Waals surface area contributed by atoms with Gasteiger partial charge in [-0.05, 0) is 29.8 Å². The number of aliphatic hydroxyl groups is 1. The topological polar surface area (TPSA) is 96.5 Å². The summed E-state index contributed by atoms with van der Waals surface area (Å²) in [6.07, 6.45) is -3.91. The minimum Gasteiger partial charge on any atom is -0.481 e. The quantitative estimate of drug-likeness (QED) is 0.488. The summed E-state index contributed by atoms with van der Waals surface area (Å²) in [7, 11) is 2.30. The molecule has 0 fully saturated rings. The average Bonchev–Trinajstić information content (AvgIpc) is 2.70. The van der Waals surface area contributed by atoms with E-state index in [1.54, 1.807) is 0 Å². The van der Waals surface area contributed by atoms with Crippen molar-refractivity contribution < 1.29 is 32.1 Å². The Kier molecular flexibility index (Phi) is 6.18. The number of halogens is 4. The third-order valence-electron chi connectivity index (χ3n) is 4.74. The number of methoxy groups -OCH3 is 2. The first-order chi connectivity index (χ1) is 14.6. The summed E-state index contributed by atoms with van der Waals surface area (Å²) in [6, 6.07) is 5.13. The highest BCUT2D eigenvalue weighted by Gasteiger charge is 2.59. The zero-order chi connectivity index (χ0) is 22.8. The molecule has 0 aliphatic heterocycles. The highest BCUT2D eigenvalue weighted by Crippen LogP contribution is 2.43. The number of anilines is 1. The molecule has 7 nitrogen and oxygen atoms in total. The molecule has 1 aromatic carbocycles. The number of rotatable bonds is 7. The van der Waals surface area contributed by atoms with Crippen LogP contribution in [0, 0.1) is 5.82 Å². The number of pyridine rings is 2. The van der Waals surface area contributed by atoms with Crippen LogP contribution in [0.2, 0.25) is 0 Å². The molecule has 3 N–H and O–H groups in total. The van der Waals surface area contributed by atoms with Crippen molar-refractivity contribution in [3.63, 3.8) is 0 Å². The molecule has 2 unspecified atom stereocenters. The number of hydrogen-bond acceptors (Lipinski definition) is 6. The van der Waals surface area contributed by atoms with Gasteiger partial charge in [0.25, 0.3) is 0 Å². The SMILES string of the molecule is COCC(O)(C(Nc1cc(F)cc2[nH]c(=O)ccc12)c1ccnc(OC)c1)C(F)(F)F. The number of benzene rings is 1. The summed E-state index contributed by atoms with van der Waals surface area (Å²) < 4.78 is 65.9. The van der Waals surface area contributed by atoms with Crippen LogP contribution in [0.3, 0.4) is 0 Å². The Balaban J connectivity index is 2.22. The van der Waals surface area contributed by atoms with E-state index in [1.807, 2.05) is 0 Å². The van der Waals surface area contributed by atoms with Crippen molar-refractivity contribution in [1.29, 1.82) is 0 Å². The van der Waals surface area contributed by atoms with Crippen molar-refractivity contribution in [2.24, 2.45) is 0 Å². The smallest absolute Gasteiger partial charge is 0.421 e. The maximum absolute atomic E-state index is 14.2. The second kappa shape index (κ2) is 8.52. The van der Waals surface area contributed by atoms with Gasteiger partial charge in [0, 0.05) is 36.5 Å². The maximum atomic E-state index is 14.2. The summed E-state index contributed by atoms with van der Waals surface area (Å²) in [4.78, 5) is 17.9. The van der Waals surface area contributed by atoms with Crippen molar-refractivity contribution >= 4 is 16.6 Å². The van der Waals surface area contributed by atoms with E-state index in [2.05, 4.69) is 20.0 Å². The second-order valence-corrected chi connectivity index (χ2v) is 6.80. The predicted molar refractivity (Wildman–Crippen MR) is 105 cm³/mol. The first-order valence-corrected chi connectivity index (χ1v) is 8.96. The minimum atomic E-state index is -5.13. The number of aromatic amines is 1. The van der Waals surface area contributed by atoms with Gasteiger partial charge >= 0.3 is 6.18 Å². The summed E-state index contributed by atoms with van der Waals surface area (Å²) in [5, 5.41) is 13.6. The molecule has 3 rings (SSSR count). The number of fused-ring (bicyclic) bond motifs is 1. The highest BCUT2D eigenvalue weighted by molar-refractivity contribution is 5.91. The lowest BCUT2D eigenvalue weighted by Gasteiger charge is -2.38. The molecular weight excluding hydrogens is 422 g/mol. The van der Waals surface area contributed by atoms with Gasteiger partial charge < -0.3 is 24.9 Å². The molecule has 0 radical (unpaired) electrons. The summed E-state index contributed by atoms with van der Waals surface area (Å²) in [5.74, 6) is -0.787. The number of nitrogens with zero attached hydrogens (tertiary/aromatic N) is 1. The maximum Gasteiger partial charge on any atom is 0.421 e. The standard InChI is InChI=1S/C20H19F4N3O4/c1-30-10-19(29,20(22,23)24)18(11-5-6-25-17(7-11)31-2)27-15-9-12(21)8-14-13(15)3-4-16(28)26-14/h3-9,18,27,29H,10H2,1-2H3,(H,26,28). The number of alkyl halides is 3. The number of aromatic nitrogens is 2. The third-order valence-corrected chi connectivity index (χ3v) is 4.74. The van der Waals surface area contributed by atoms with Crippen LogP contribution >= 0.6 is 0 Å². The van der Waals surface area contributed by atoms with Gasteiger partial charge in [-0.25, -0.2) is 9.37 Å². The van der Waals surface area contributed by atoms with E-state index in [0.717, 1.165) is 25.3 Å². The molecule has 0 aliphatic rings. The number of H-pyrrole nitrogens is 1. The van der Waals surface area contributed by atoms with Crippen LogP contribution < -0.4 is 15.6 Å². The molecule has 2 atom stereocenters. The Morgan fingerprint density at radius 2 is 1.94 bits per heavy atom. The molecule has 2 aromatic heterocycles. The normalized spacial score (nSPS) is 14.8. The molecule has 0 aliphatic carbocycles. The summed E-state index contributed by atoms with van der Waals surface area (Å²) in [6.45, 7) is -1.11. The van der Waals surface area contributed by atoms with E-state index in [-0.39, 0.29) is 28.0 Å². The zero-order valence-electron chi connectivity index (χ0n) is 16.5. The molecule has 0 amide bonds. The Morgan fingerprint density at radius 3 is 2.58 bits per heavy atom. The van der Waals surface area contributed by atoms with Crippen LogP contribution in [-0.2, 0) is 4.74 Å². The van der Waals surface area contributed by atoms with Crippen molar-refractivity contribution in [2.45, 2.75) is 17.8 Å². The van der Waals surface area contributed by atoms with E-state index in [4.69, 9.17) is 4.74 Å². The van der Waals surface area contributed by atoms with Gasteiger partial charge in [-0.1, -0.05) is 0 Å². The molecule has 3 aromatic rings. The Morgan fingerprint density at radius 1 is 1.19 bits per heavy atom. The fourth-order valence-electron chi connectivity index (χ4n) is 3.25. The summed E-state index contributed by atoms with van der Waals surface area (Å²) >= 11 is 0. The van der Waals surface area contributed by atoms with Crippen molar-refractivity contribution in [1.82, 2.24) is 9.97 Å². The third kappa shape index (κ3) is 4.47. The monoisotopic (exact) mass is 441 g/mol. The minimum absolute atomic E-state index is 0.0136. The van der Waals surface area contributed by atoms with E-state index >= 15 is 0 Å². The van der Waals surface area contributed by atoms with E-state index in [1.165, 1.54) is 31.5 Å². The van der Waals surface area contributed by atoms with Gasteiger partial charge in [0.05, 0.1) is 25.3 Å². The van der Waals surface area contributed by atoms with Crippen LogP contribution in [0.15, 0.2) is 47.4 Å². The van der Waals surface area contributed by atoms with Crippen LogP contribution in [0.1, 0.15) is 11.6 Å². The average molecular weight is 441 g/mol. The summed E-state index contributed by atoms with van der Waals surface area (Å²) in [5.41, 5.74) is -3.96. The fraction of sp³-hybridized carbons (Fsp3) is 0.300. The van der Waals surface area contributed by atoms with Gasteiger partial charge in [0.1, 0.15) is 5.82 Å². The van der Waals surface area contributed by atoms with Crippen molar-refractivity contribution in [3.8, 4) is 5.88 Å². The molecular formula is C20H19F4N3O4. The van der Waals surface area contributed by atoms with Gasteiger partial charge in [-0.2, -0.15) is 13.2 Å². The predicted octanol–water partition coefficient (Wildman–Crippen LogP) is 3.16. The number of nitrogens with one attached hydrogen (secondary N) is 2. The largest absolute Gasteiger partial charge is 0.481 e. The first kappa shape index (κ1) is 22.5. The van der Waals surface area contributed by atoms with Crippen LogP contribution in [0.25, 0.3) is 10.9 Å². The van der Waals surface area contributed by atoms with Crippen molar-refractivity contribution in [3.05, 3.63) is 64.3 Å². The van der Waals surface area contributed by atoms with E-state index < -0.39 is 35.8 Å². The molecule has 0 saturated carbocycles. The van der Waals surface area contributed by atoms with E-state index in [9.17, 15) is 27.5 Å². The molecule has 31 heavy (non-hydrogen) atoms. The van der Waals surface area contributed by atoms with Crippen molar-refractivity contribution in [2.75, 3.05) is 26.1 Å². The van der Waals surface area contributed by atoms with Gasteiger partial charge in [0.2, 0.25) is 17.0 Å². The first-order valence-electron chi connectivity index (χ1n) is 8.96.